The van der Waals surface area contributed by atoms with Gasteiger partial charge >= 0.3 is 0 Å². The zero-order chi connectivity index (χ0) is 16.2. The van der Waals surface area contributed by atoms with Crippen LogP contribution in [0.5, 0.6) is 5.75 Å². The third kappa shape index (κ3) is 3.89. The lowest BCUT2D eigenvalue weighted by Gasteiger charge is -2.35. The lowest BCUT2D eigenvalue weighted by molar-refractivity contribution is -0.244. The van der Waals surface area contributed by atoms with Gasteiger partial charge in [0.05, 0.1) is 6.61 Å². The first kappa shape index (κ1) is 16.0. The molecule has 5 nitrogen and oxygen atoms in total. The average molecular weight is 316 g/mol. The molecule has 0 bridgehead atoms. The van der Waals surface area contributed by atoms with Crippen molar-refractivity contribution in [1.82, 2.24) is 0 Å². The van der Waals surface area contributed by atoms with Gasteiger partial charge in [0.15, 0.2) is 12.4 Å². The summed E-state index contributed by atoms with van der Waals surface area (Å²) in [4.78, 5) is 0. The van der Waals surface area contributed by atoms with Crippen molar-refractivity contribution in [3.8, 4) is 5.75 Å². The van der Waals surface area contributed by atoms with Gasteiger partial charge in [-0.25, -0.2) is 0 Å². The number of hydrogen-bond donors (Lipinski definition) is 3. The topological polar surface area (TPSA) is 79.2 Å². The highest BCUT2D eigenvalue weighted by Gasteiger charge is 2.39. The van der Waals surface area contributed by atoms with Crippen LogP contribution in [-0.2, 0) is 11.2 Å². The Morgan fingerprint density at radius 1 is 0.957 bits per heavy atom. The minimum absolute atomic E-state index is 0.115. The molecule has 3 N–H and O–H groups in total. The molecule has 0 saturated carbocycles. The third-order valence-corrected chi connectivity index (χ3v) is 3.87. The summed E-state index contributed by atoms with van der Waals surface area (Å²) in [6, 6.07) is 17.5. The average Bonchev–Trinajstić information content (AvgIpc) is 2.56. The van der Waals surface area contributed by atoms with Gasteiger partial charge in [-0.1, -0.05) is 42.5 Å². The van der Waals surface area contributed by atoms with Crippen molar-refractivity contribution in [2.24, 2.45) is 0 Å². The second kappa shape index (κ2) is 7.10. The molecule has 1 heterocycles. The van der Waals surface area contributed by atoms with Gasteiger partial charge in [-0.3, -0.25) is 0 Å². The molecule has 0 amide bonds. The van der Waals surface area contributed by atoms with Crippen LogP contribution < -0.4 is 4.74 Å². The zero-order valence-corrected chi connectivity index (χ0v) is 12.6. The van der Waals surface area contributed by atoms with Crippen LogP contribution in [0.25, 0.3) is 0 Å². The standard InChI is InChI=1S/C18H20O5/c19-15-11-22-18(21)17(16(15)20)23-14-8-4-7-13(10-14)9-12-5-2-1-3-6-12/h1-8,10,15-21H,9,11H2/t15-,16+,17-,18-/m1/s1. The highest BCUT2D eigenvalue weighted by molar-refractivity contribution is 5.33. The Balaban J connectivity index is 1.72. The Morgan fingerprint density at radius 2 is 1.70 bits per heavy atom. The Kier molecular flexibility index (Phi) is 4.93. The van der Waals surface area contributed by atoms with Crippen molar-refractivity contribution in [3.63, 3.8) is 0 Å². The molecular weight excluding hydrogens is 296 g/mol. The van der Waals surface area contributed by atoms with Crippen LogP contribution >= 0.6 is 0 Å². The van der Waals surface area contributed by atoms with Gasteiger partial charge in [-0.05, 0) is 29.7 Å². The third-order valence-electron chi connectivity index (χ3n) is 3.87. The van der Waals surface area contributed by atoms with Gasteiger partial charge in [0.1, 0.15) is 18.0 Å². The van der Waals surface area contributed by atoms with E-state index >= 15 is 0 Å². The lowest BCUT2D eigenvalue weighted by Crippen LogP contribution is -2.55. The van der Waals surface area contributed by atoms with E-state index in [2.05, 4.69) is 0 Å². The van der Waals surface area contributed by atoms with Crippen LogP contribution in [0, 0.1) is 0 Å². The van der Waals surface area contributed by atoms with E-state index in [1.807, 2.05) is 48.5 Å². The number of rotatable bonds is 4. The van der Waals surface area contributed by atoms with Crippen molar-refractivity contribution in [3.05, 3.63) is 65.7 Å². The summed E-state index contributed by atoms with van der Waals surface area (Å²) < 4.78 is 10.6. The van der Waals surface area contributed by atoms with E-state index in [4.69, 9.17) is 9.47 Å². The summed E-state index contributed by atoms with van der Waals surface area (Å²) in [5, 5.41) is 29.4. The lowest BCUT2D eigenvalue weighted by atomic mass is 10.0. The maximum absolute atomic E-state index is 9.96. The monoisotopic (exact) mass is 316 g/mol. The molecule has 4 atom stereocenters. The van der Waals surface area contributed by atoms with Crippen LogP contribution in [0.3, 0.4) is 0 Å². The molecule has 0 spiro atoms. The molecule has 1 aliphatic heterocycles. The molecule has 0 aliphatic carbocycles. The van der Waals surface area contributed by atoms with Crippen LogP contribution in [0.1, 0.15) is 11.1 Å². The Hall–Kier alpha value is -1.92. The van der Waals surface area contributed by atoms with Crippen molar-refractivity contribution in [1.29, 1.82) is 0 Å². The summed E-state index contributed by atoms with van der Waals surface area (Å²) in [7, 11) is 0. The van der Waals surface area contributed by atoms with Crippen LogP contribution in [0.2, 0.25) is 0 Å². The van der Waals surface area contributed by atoms with Crippen molar-refractivity contribution >= 4 is 0 Å². The van der Waals surface area contributed by atoms with Crippen molar-refractivity contribution in [2.75, 3.05) is 6.61 Å². The minimum Gasteiger partial charge on any atom is -0.482 e. The van der Waals surface area contributed by atoms with Gasteiger partial charge in [0.2, 0.25) is 0 Å². The van der Waals surface area contributed by atoms with E-state index in [1.54, 1.807) is 6.07 Å². The predicted octanol–water partition coefficient (Wildman–Crippen LogP) is 1.10. The SMILES string of the molecule is O[C@@H]1[C@@H](Oc2cccc(Cc3ccccc3)c2)[C@H](O)OC[C@H]1O. The summed E-state index contributed by atoms with van der Waals surface area (Å²) in [6.45, 7) is -0.115. The molecule has 5 heteroatoms. The minimum atomic E-state index is -1.27. The first-order valence-electron chi connectivity index (χ1n) is 7.59. The van der Waals surface area contributed by atoms with E-state index in [0.717, 1.165) is 12.0 Å². The quantitative estimate of drug-likeness (QED) is 0.787. The first-order valence-corrected chi connectivity index (χ1v) is 7.59. The van der Waals surface area contributed by atoms with Gasteiger partial charge in [0, 0.05) is 0 Å². The summed E-state index contributed by atoms with van der Waals surface area (Å²) >= 11 is 0. The second-order valence-electron chi connectivity index (χ2n) is 5.67. The van der Waals surface area contributed by atoms with Crippen LogP contribution in [-0.4, -0.2) is 46.5 Å². The van der Waals surface area contributed by atoms with Crippen LogP contribution in [0.4, 0.5) is 0 Å². The largest absolute Gasteiger partial charge is 0.482 e. The molecule has 0 aromatic heterocycles. The van der Waals surface area contributed by atoms with Crippen molar-refractivity contribution in [2.45, 2.75) is 31.0 Å². The smallest absolute Gasteiger partial charge is 0.195 e. The number of aliphatic hydroxyl groups is 3. The summed E-state index contributed by atoms with van der Waals surface area (Å²) in [5.41, 5.74) is 2.23. The summed E-state index contributed by atoms with van der Waals surface area (Å²) in [6.07, 6.45) is -3.81. The first-order chi connectivity index (χ1) is 11.1. The highest BCUT2D eigenvalue weighted by Crippen LogP contribution is 2.23. The molecule has 2 aromatic rings. The van der Waals surface area contributed by atoms with E-state index in [9.17, 15) is 15.3 Å². The highest BCUT2D eigenvalue weighted by atomic mass is 16.6. The van der Waals surface area contributed by atoms with E-state index in [0.29, 0.717) is 5.75 Å². The molecule has 1 fully saturated rings. The zero-order valence-electron chi connectivity index (χ0n) is 12.6. The molecule has 1 aliphatic rings. The van der Waals surface area contributed by atoms with Gasteiger partial charge in [-0.15, -0.1) is 0 Å². The fourth-order valence-electron chi connectivity index (χ4n) is 2.62. The van der Waals surface area contributed by atoms with Gasteiger partial charge in [0.25, 0.3) is 0 Å². The number of aliphatic hydroxyl groups excluding tert-OH is 3. The van der Waals surface area contributed by atoms with E-state index < -0.39 is 24.6 Å². The Morgan fingerprint density at radius 3 is 2.48 bits per heavy atom. The Labute approximate surface area is 134 Å². The normalized spacial score (nSPS) is 27.6. The predicted molar refractivity (Wildman–Crippen MR) is 84.1 cm³/mol. The molecule has 0 unspecified atom stereocenters. The molecule has 2 aromatic carbocycles. The molecule has 23 heavy (non-hydrogen) atoms. The van der Waals surface area contributed by atoms with Gasteiger partial charge < -0.3 is 24.8 Å². The van der Waals surface area contributed by atoms with Crippen molar-refractivity contribution < 1.29 is 24.8 Å². The Bertz CT molecular complexity index is 630. The van der Waals surface area contributed by atoms with E-state index in [-0.39, 0.29) is 6.61 Å². The maximum Gasteiger partial charge on any atom is 0.195 e. The fourth-order valence-corrected chi connectivity index (χ4v) is 2.62. The number of hydrogen-bond acceptors (Lipinski definition) is 5. The molecule has 0 radical (unpaired) electrons. The van der Waals surface area contributed by atoms with Crippen LogP contribution in [0.15, 0.2) is 54.6 Å². The molecule has 1 saturated heterocycles. The van der Waals surface area contributed by atoms with Gasteiger partial charge in [-0.2, -0.15) is 0 Å². The molecular formula is C18H20O5. The van der Waals surface area contributed by atoms with E-state index in [1.165, 1.54) is 5.56 Å². The summed E-state index contributed by atoms with van der Waals surface area (Å²) in [5.74, 6) is 0.513. The number of benzene rings is 2. The molecule has 3 rings (SSSR count). The number of ether oxygens (including phenoxy) is 2. The second-order valence-corrected chi connectivity index (χ2v) is 5.67. The fraction of sp³-hybridized carbons (Fsp3) is 0.333. The maximum atomic E-state index is 9.96. The molecule has 122 valence electrons.